The van der Waals surface area contributed by atoms with E-state index in [9.17, 15) is 18.0 Å². The Morgan fingerprint density at radius 1 is 1.29 bits per heavy atom. The minimum atomic E-state index is -4.34. The van der Waals surface area contributed by atoms with E-state index in [1.54, 1.807) is 32.3 Å². The number of halogens is 3. The summed E-state index contributed by atoms with van der Waals surface area (Å²) in [5, 5.41) is 6.21. The van der Waals surface area contributed by atoms with Gasteiger partial charge in [-0.3, -0.25) is 4.79 Å². The molecule has 0 bridgehead atoms. The van der Waals surface area contributed by atoms with Crippen LogP contribution >= 0.6 is 0 Å². The summed E-state index contributed by atoms with van der Waals surface area (Å²) in [6.07, 6.45) is -3.46. The normalized spacial score (nSPS) is 13.2. The van der Waals surface area contributed by atoms with Crippen LogP contribution in [0.3, 0.4) is 0 Å². The molecule has 0 radical (unpaired) electrons. The van der Waals surface area contributed by atoms with Gasteiger partial charge in [0.15, 0.2) is 5.96 Å². The molecule has 1 aromatic rings. The number of carbonyl (C=O) groups excluding carboxylic acids is 1. The fraction of sp³-hybridized carbons (Fsp3) is 0.579. The molecule has 0 saturated heterocycles. The molecule has 1 atom stereocenters. The van der Waals surface area contributed by atoms with Crippen molar-refractivity contribution in [1.82, 2.24) is 15.5 Å². The number of alkyl halides is 3. The second-order valence-corrected chi connectivity index (χ2v) is 6.69. The van der Waals surface area contributed by atoms with E-state index in [-0.39, 0.29) is 25.1 Å². The quantitative estimate of drug-likeness (QED) is 0.492. The lowest BCUT2D eigenvalue weighted by atomic mass is 10.1. The second-order valence-electron chi connectivity index (χ2n) is 6.69. The van der Waals surface area contributed by atoms with Crippen molar-refractivity contribution in [2.45, 2.75) is 45.6 Å². The van der Waals surface area contributed by atoms with Crippen LogP contribution in [0.5, 0.6) is 0 Å². The summed E-state index contributed by atoms with van der Waals surface area (Å²) in [5.74, 6) is 0.422. The van der Waals surface area contributed by atoms with Crippen LogP contribution in [-0.2, 0) is 22.7 Å². The number of benzene rings is 1. The van der Waals surface area contributed by atoms with Gasteiger partial charge in [-0.15, -0.1) is 0 Å². The summed E-state index contributed by atoms with van der Waals surface area (Å²) in [6, 6.07) is 7.22. The van der Waals surface area contributed by atoms with E-state index in [1.807, 2.05) is 19.9 Å². The van der Waals surface area contributed by atoms with Crippen molar-refractivity contribution in [3.63, 3.8) is 0 Å². The molecule has 0 aliphatic rings. The molecule has 0 heterocycles. The van der Waals surface area contributed by atoms with E-state index >= 15 is 0 Å². The zero-order valence-electron chi connectivity index (χ0n) is 16.8. The first-order valence-electron chi connectivity index (χ1n) is 9.08. The molecule has 28 heavy (non-hydrogen) atoms. The summed E-state index contributed by atoms with van der Waals surface area (Å²) in [7, 11) is 3.35. The number of amides is 1. The Morgan fingerprint density at radius 2 is 1.96 bits per heavy atom. The number of rotatable bonds is 9. The van der Waals surface area contributed by atoms with E-state index in [1.165, 1.54) is 4.90 Å². The Bertz CT molecular complexity index is 648. The summed E-state index contributed by atoms with van der Waals surface area (Å²) in [6.45, 7) is 3.07. The molecule has 2 N–H and O–H groups in total. The van der Waals surface area contributed by atoms with E-state index in [0.29, 0.717) is 18.1 Å². The van der Waals surface area contributed by atoms with Crippen molar-refractivity contribution in [2.75, 3.05) is 27.2 Å². The van der Waals surface area contributed by atoms with Gasteiger partial charge < -0.3 is 20.3 Å². The van der Waals surface area contributed by atoms with Crippen LogP contribution in [0.15, 0.2) is 29.3 Å². The summed E-state index contributed by atoms with van der Waals surface area (Å²) < 4.78 is 41.2. The van der Waals surface area contributed by atoms with Gasteiger partial charge in [-0.2, -0.15) is 13.2 Å². The van der Waals surface area contributed by atoms with Gasteiger partial charge in [-0.1, -0.05) is 31.2 Å². The van der Waals surface area contributed by atoms with Gasteiger partial charge in [0.05, 0.1) is 19.7 Å². The molecule has 1 rings (SSSR count). The average Bonchev–Trinajstić information content (AvgIpc) is 2.62. The van der Waals surface area contributed by atoms with Crippen LogP contribution in [0.4, 0.5) is 13.2 Å². The van der Waals surface area contributed by atoms with Crippen molar-refractivity contribution in [3.8, 4) is 0 Å². The predicted octanol–water partition coefficient (Wildman–Crippen LogP) is 2.69. The van der Waals surface area contributed by atoms with E-state index < -0.39 is 12.8 Å². The lowest BCUT2D eigenvalue weighted by molar-refractivity contribution is -0.176. The highest BCUT2D eigenvalue weighted by molar-refractivity contribution is 5.86. The smallest absolute Gasteiger partial charge is 0.367 e. The monoisotopic (exact) mass is 402 g/mol. The van der Waals surface area contributed by atoms with Crippen LogP contribution in [0.2, 0.25) is 0 Å². The molecule has 6 nitrogen and oxygen atoms in total. The fourth-order valence-corrected chi connectivity index (χ4v) is 2.08. The number of hydrogen-bond donors (Lipinski definition) is 2. The number of hydrogen-bond acceptors (Lipinski definition) is 3. The van der Waals surface area contributed by atoms with Crippen molar-refractivity contribution >= 4 is 11.9 Å². The Labute approximate surface area is 164 Å². The van der Waals surface area contributed by atoms with Crippen molar-refractivity contribution in [3.05, 3.63) is 35.4 Å². The Hall–Kier alpha value is -2.29. The molecule has 1 unspecified atom stereocenters. The standard InChI is InChI=1S/C19H29F3N4O2/c1-5-14(2)25-18(24-11-17(27)26(3)4)23-10-15-7-6-8-16(9-15)12-28-13-19(20,21)22/h6-9,14H,5,10-13H2,1-4H3,(H2,23,24,25). The van der Waals surface area contributed by atoms with Crippen molar-refractivity contribution in [2.24, 2.45) is 4.99 Å². The molecule has 0 aliphatic carbocycles. The highest BCUT2D eigenvalue weighted by atomic mass is 19.4. The second kappa shape index (κ2) is 11.5. The van der Waals surface area contributed by atoms with Crippen LogP contribution in [-0.4, -0.2) is 56.2 Å². The van der Waals surface area contributed by atoms with Gasteiger partial charge in [0, 0.05) is 20.1 Å². The number of ether oxygens (including phenoxy) is 1. The van der Waals surface area contributed by atoms with Crippen molar-refractivity contribution in [1.29, 1.82) is 0 Å². The van der Waals surface area contributed by atoms with Crippen LogP contribution in [0.1, 0.15) is 31.4 Å². The molecule has 0 fully saturated rings. The molecule has 0 aromatic heterocycles. The highest BCUT2D eigenvalue weighted by Gasteiger charge is 2.27. The first kappa shape index (κ1) is 23.7. The van der Waals surface area contributed by atoms with Gasteiger partial charge in [0.2, 0.25) is 5.91 Å². The number of carbonyl (C=O) groups is 1. The van der Waals surface area contributed by atoms with Gasteiger partial charge in [0.1, 0.15) is 6.61 Å². The Balaban J connectivity index is 2.72. The number of aliphatic imine (C=N–C) groups is 1. The number of nitrogens with zero attached hydrogens (tertiary/aromatic N) is 2. The first-order valence-corrected chi connectivity index (χ1v) is 9.08. The molecule has 1 aromatic carbocycles. The average molecular weight is 402 g/mol. The molecule has 9 heteroatoms. The number of nitrogens with one attached hydrogen (secondary N) is 2. The zero-order valence-corrected chi connectivity index (χ0v) is 16.8. The molecule has 0 aliphatic heterocycles. The third-order valence-corrected chi connectivity index (χ3v) is 3.85. The summed E-state index contributed by atoms with van der Waals surface area (Å²) in [5.41, 5.74) is 1.47. The van der Waals surface area contributed by atoms with E-state index in [4.69, 9.17) is 4.74 Å². The maximum Gasteiger partial charge on any atom is 0.411 e. The highest BCUT2D eigenvalue weighted by Crippen LogP contribution is 2.16. The van der Waals surface area contributed by atoms with Gasteiger partial charge in [-0.25, -0.2) is 4.99 Å². The number of likely N-dealkylation sites (N-methyl/N-ethyl adjacent to an activating group) is 1. The van der Waals surface area contributed by atoms with E-state index in [0.717, 1.165) is 12.0 Å². The Kier molecular flexibility index (Phi) is 9.78. The fourth-order valence-electron chi connectivity index (χ4n) is 2.08. The molecule has 0 spiro atoms. The lowest BCUT2D eigenvalue weighted by Crippen LogP contribution is -2.45. The SMILES string of the molecule is CCC(C)NC(=NCc1cccc(COCC(F)(F)F)c1)NCC(=O)N(C)C. The van der Waals surface area contributed by atoms with Crippen molar-refractivity contribution < 1.29 is 22.7 Å². The van der Waals surface area contributed by atoms with Gasteiger partial charge in [-0.05, 0) is 24.5 Å². The minimum absolute atomic E-state index is 0.0811. The topological polar surface area (TPSA) is 66.0 Å². The van der Waals surface area contributed by atoms with E-state index in [2.05, 4.69) is 15.6 Å². The Morgan fingerprint density at radius 3 is 2.57 bits per heavy atom. The number of guanidine groups is 1. The van der Waals surface area contributed by atoms with Gasteiger partial charge in [0.25, 0.3) is 0 Å². The molecule has 158 valence electrons. The molecule has 1 amide bonds. The maximum atomic E-state index is 12.2. The first-order chi connectivity index (χ1) is 13.1. The van der Waals surface area contributed by atoms with Gasteiger partial charge >= 0.3 is 6.18 Å². The third-order valence-electron chi connectivity index (χ3n) is 3.85. The zero-order chi connectivity index (χ0) is 21.2. The van der Waals surface area contributed by atoms with Crippen LogP contribution in [0, 0.1) is 0 Å². The third kappa shape index (κ3) is 10.1. The minimum Gasteiger partial charge on any atom is -0.367 e. The molecular weight excluding hydrogens is 373 g/mol. The van der Waals surface area contributed by atoms with Crippen LogP contribution in [0.25, 0.3) is 0 Å². The summed E-state index contributed by atoms with van der Waals surface area (Å²) >= 11 is 0. The maximum absolute atomic E-state index is 12.2. The van der Waals surface area contributed by atoms with Crippen LogP contribution < -0.4 is 10.6 Å². The summed E-state index contributed by atoms with van der Waals surface area (Å²) in [4.78, 5) is 17.7. The molecular formula is C19H29F3N4O2. The largest absolute Gasteiger partial charge is 0.411 e. The predicted molar refractivity (Wildman–Crippen MR) is 103 cm³/mol. The molecule has 0 saturated carbocycles. The lowest BCUT2D eigenvalue weighted by Gasteiger charge is -2.18.